The van der Waals surface area contributed by atoms with E-state index in [1.807, 2.05) is 0 Å². The highest BCUT2D eigenvalue weighted by Gasteiger charge is 2.19. The van der Waals surface area contributed by atoms with Crippen molar-refractivity contribution < 1.29 is 28.6 Å². The Balaban J connectivity index is 4.34. The van der Waals surface area contributed by atoms with Crippen molar-refractivity contribution in [2.45, 2.75) is 380 Å². The van der Waals surface area contributed by atoms with Gasteiger partial charge in [-0.25, -0.2) is 0 Å². The molecule has 0 aromatic heterocycles. The zero-order valence-corrected chi connectivity index (χ0v) is 52.5. The summed E-state index contributed by atoms with van der Waals surface area (Å²) in [4.78, 5) is 38.4. The van der Waals surface area contributed by atoms with Gasteiger partial charge in [0.2, 0.25) is 0 Å². The summed E-state index contributed by atoms with van der Waals surface area (Å²) >= 11 is 0. The van der Waals surface area contributed by atoms with Crippen LogP contribution in [-0.2, 0) is 28.6 Å². The van der Waals surface area contributed by atoms with E-state index < -0.39 is 6.10 Å². The molecule has 0 bridgehead atoms. The molecule has 0 spiro atoms. The van der Waals surface area contributed by atoms with Crippen molar-refractivity contribution in [1.29, 1.82) is 0 Å². The summed E-state index contributed by atoms with van der Waals surface area (Å²) in [6.45, 7) is 6.68. The number of unbranched alkanes of at least 4 members (excludes halogenated alkanes) is 45. The van der Waals surface area contributed by atoms with Gasteiger partial charge in [-0.2, -0.15) is 0 Å². The minimum absolute atomic E-state index is 0.0738. The Hall–Kier alpha value is -2.63. The first kappa shape index (κ1) is 75.4. The monoisotopic (exact) mass is 1090 g/mol. The van der Waals surface area contributed by atoms with E-state index in [9.17, 15) is 14.4 Å². The molecule has 0 saturated heterocycles. The van der Waals surface area contributed by atoms with Gasteiger partial charge in [0.25, 0.3) is 0 Å². The van der Waals surface area contributed by atoms with E-state index in [0.29, 0.717) is 19.3 Å². The average molecular weight is 1090 g/mol. The highest BCUT2D eigenvalue weighted by Crippen LogP contribution is 2.18. The first-order chi connectivity index (χ1) is 38.5. The van der Waals surface area contributed by atoms with Crippen LogP contribution in [0.3, 0.4) is 0 Å². The number of esters is 3. The van der Waals surface area contributed by atoms with E-state index in [4.69, 9.17) is 14.2 Å². The van der Waals surface area contributed by atoms with Gasteiger partial charge in [0.05, 0.1) is 0 Å². The molecule has 0 fully saturated rings. The Kier molecular flexibility index (Phi) is 64.6. The lowest BCUT2D eigenvalue weighted by Gasteiger charge is -2.18. The van der Waals surface area contributed by atoms with Crippen molar-refractivity contribution in [3.63, 3.8) is 0 Å². The van der Waals surface area contributed by atoms with Crippen LogP contribution in [0.4, 0.5) is 0 Å². The predicted molar refractivity (Wildman–Crippen MR) is 339 cm³/mol. The topological polar surface area (TPSA) is 78.9 Å². The number of ether oxygens (including phenoxy) is 3. The van der Waals surface area contributed by atoms with Crippen LogP contribution in [0.1, 0.15) is 374 Å². The van der Waals surface area contributed by atoms with E-state index in [2.05, 4.69) is 69.4 Å². The molecule has 6 nitrogen and oxygen atoms in total. The smallest absolute Gasteiger partial charge is 0.306 e. The molecule has 1 atom stereocenters. The van der Waals surface area contributed by atoms with Crippen molar-refractivity contribution >= 4 is 17.9 Å². The van der Waals surface area contributed by atoms with Gasteiger partial charge in [-0.15, -0.1) is 0 Å². The molecule has 0 radical (unpaired) electrons. The maximum Gasteiger partial charge on any atom is 0.306 e. The van der Waals surface area contributed by atoms with E-state index in [0.717, 1.165) is 77.0 Å². The molecule has 0 rings (SSSR count). The fourth-order valence-corrected chi connectivity index (χ4v) is 10.3. The van der Waals surface area contributed by atoms with Gasteiger partial charge in [0.1, 0.15) is 13.2 Å². The number of hydrogen-bond donors (Lipinski definition) is 0. The van der Waals surface area contributed by atoms with Crippen molar-refractivity contribution in [2.24, 2.45) is 0 Å². The zero-order valence-electron chi connectivity index (χ0n) is 52.5. The Morgan fingerprint density at radius 2 is 0.462 bits per heavy atom. The summed E-state index contributed by atoms with van der Waals surface area (Å²) < 4.78 is 17.0. The van der Waals surface area contributed by atoms with Crippen LogP contribution in [0, 0.1) is 0 Å². The van der Waals surface area contributed by atoms with Crippen molar-refractivity contribution in [2.75, 3.05) is 13.2 Å². The standard InChI is InChI=1S/C72H132O6/c1-4-7-10-13-16-19-22-25-28-31-33-35-36-37-39-41-44-47-50-53-56-59-62-65-71(74)77-68-69(67-76-70(73)64-61-58-55-52-49-46-43-40-30-27-24-21-18-15-12-9-6-3)78-72(75)66-63-60-57-54-51-48-45-42-38-34-32-29-26-23-20-17-14-11-8-5-2/h22,25,27,30-31,33,36-37,69H,4-21,23-24,26,28-29,32,34-35,38-68H2,1-3H3/b25-22-,30-27-,33-31-,37-36-. The normalized spacial score (nSPS) is 12.3. The summed E-state index contributed by atoms with van der Waals surface area (Å²) in [7, 11) is 0. The lowest BCUT2D eigenvalue weighted by Crippen LogP contribution is -2.30. The van der Waals surface area contributed by atoms with Crippen LogP contribution in [-0.4, -0.2) is 37.2 Å². The third-order valence-electron chi connectivity index (χ3n) is 15.6. The molecular weight excluding hydrogens is 961 g/mol. The van der Waals surface area contributed by atoms with Crippen LogP contribution in [0.25, 0.3) is 0 Å². The number of hydrogen-bond acceptors (Lipinski definition) is 6. The summed E-state index contributed by atoms with van der Waals surface area (Å²) in [5.41, 5.74) is 0. The molecule has 0 aliphatic heterocycles. The van der Waals surface area contributed by atoms with Crippen LogP contribution in [0.15, 0.2) is 48.6 Å². The molecule has 0 N–H and O–H groups in total. The van der Waals surface area contributed by atoms with Gasteiger partial charge < -0.3 is 14.2 Å². The lowest BCUT2D eigenvalue weighted by atomic mass is 10.0. The Labute approximate surface area is 486 Å². The quantitative estimate of drug-likeness (QED) is 0.0261. The van der Waals surface area contributed by atoms with Gasteiger partial charge >= 0.3 is 17.9 Å². The van der Waals surface area contributed by atoms with E-state index in [-0.39, 0.29) is 31.1 Å². The molecule has 0 aromatic rings. The largest absolute Gasteiger partial charge is 0.462 e. The average Bonchev–Trinajstić information content (AvgIpc) is 3.44. The van der Waals surface area contributed by atoms with Crippen LogP contribution in [0.5, 0.6) is 0 Å². The number of carbonyl (C=O) groups is 3. The second-order valence-corrected chi connectivity index (χ2v) is 23.4. The third-order valence-corrected chi connectivity index (χ3v) is 15.6. The zero-order chi connectivity index (χ0) is 56.4. The molecule has 0 aliphatic carbocycles. The number of carbonyl (C=O) groups excluding carboxylic acids is 3. The van der Waals surface area contributed by atoms with Crippen LogP contribution < -0.4 is 0 Å². The minimum Gasteiger partial charge on any atom is -0.462 e. The Bertz CT molecular complexity index is 1350. The molecule has 456 valence electrons. The number of rotatable bonds is 64. The summed E-state index contributed by atoms with van der Waals surface area (Å²) in [6, 6.07) is 0. The van der Waals surface area contributed by atoms with Crippen molar-refractivity contribution in [3.8, 4) is 0 Å². The van der Waals surface area contributed by atoms with E-state index >= 15 is 0 Å². The highest BCUT2D eigenvalue weighted by molar-refractivity contribution is 5.71. The molecule has 0 heterocycles. The fourth-order valence-electron chi connectivity index (χ4n) is 10.3. The maximum absolute atomic E-state index is 13.0. The molecular formula is C72H132O6. The van der Waals surface area contributed by atoms with Crippen LogP contribution in [0.2, 0.25) is 0 Å². The lowest BCUT2D eigenvalue weighted by molar-refractivity contribution is -0.167. The molecule has 1 unspecified atom stereocenters. The van der Waals surface area contributed by atoms with Gasteiger partial charge in [-0.05, 0) is 83.5 Å². The van der Waals surface area contributed by atoms with Gasteiger partial charge in [0, 0.05) is 19.3 Å². The SMILES string of the molecule is CCCCCCC/C=C\C/C=C\C/C=C\CCCCCCCCCCC(=O)OCC(COC(=O)CCCCCCCCC/C=C\CCCCCCCC)OC(=O)CCCCCCCCCCCCCCCCCCCCCC. The third kappa shape index (κ3) is 64.2. The Morgan fingerprint density at radius 3 is 0.731 bits per heavy atom. The fraction of sp³-hybridized carbons (Fsp3) is 0.847. The summed E-state index contributed by atoms with van der Waals surface area (Å²) in [5, 5.41) is 0. The second kappa shape index (κ2) is 66.9. The summed E-state index contributed by atoms with van der Waals surface area (Å²) in [6.07, 6.45) is 84.1. The Morgan fingerprint density at radius 1 is 0.256 bits per heavy atom. The van der Waals surface area contributed by atoms with Crippen molar-refractivity contribution in [1.82, 2.24) is 0 Å². The number of allylic oxidation sites excluding steroid dienone is 8. The van der Waals surface area contributed by atoms with Gasteiger partial charge in [0.15, 0.2) is 6.10 Å². The van der Waals surface area contributed by atoms with Gasteiger partial charge in [-0.3, -0.25) is 14.4 Å². The van der Waals surface area contributed by atoms with Crippen LogP contribution >= 0.6 is 0 Å². The highest BCUT2D eigenvalue weighted by atomic mass is 16.6. The van der Waals surface area contributed by atoms with E-state index in [1.54, 1.807) is 0 Å². The first-order valence-corrected chi connectivity index (χ1v) is 34.6. The molecule has 0 saturated carbocycles. The molecule has 0 aromatic carbocycles. The van der Waals surface area contributed by atoms with Crippen molar-refractivity contribution in [3.05, 3.63) is 48.6 Å². The predicted octanol–water partition coefficient (Wildman–Crippen LogP) is 23.7. The maximum atomic E-state index is 13.0. The molecule has 78 heavy (non-hydrogen) atoms. The molecule has 6 heteroatoms. The molecule has 0 aliphatic rings. The molecule has 0 amide bonds. The van der Waals surface area contributed by atoms with E-state index in [1.165, 1.54) is 257 Å². The second-order valence-electron chi connectivity index (χ2n) is 23.4. The first-order valence-electron chi connectivity index (χ1n) is 34.6. The minimum atomic E-state index is -0.778. The van der Waals surface area contributed by atoms with Gasteiger partial charge in [-0.1, -0.05) is 320 Å². The summed E-state index contributed by atoms with van der Waals surface area (Å²) in [5.74, 6) is -0.859.